The molecule has 0 saturated carbocycles. The van der Waals surface area contributed by atoms with Crippen molar-refractivity contribution >= 4 is 17.5 Å². The lowest BCUT2D eigenvalue weighted by Gasteiger charge is -2.36. The van der Waals surface area contributed by atoms with E-state index in [0.717, 1.165) is 18.5 Å². The number of aliphatic hydroxyl groups excluding tert-OH is 1. The maximum atomic E-state index is 12.6. The van der Waals surface area contributed by atoms with E-state index >= 15 is 0 Å². The highest BCUT2D eigenvalue weighted by atomic mass is 16.3. The first kappa shape index (κ1) is 15.8. The number of hydrogen-bond acceptors (Lipinski definition) is 4. The topological polar surface area (TPSA) is 87.5 Å². The van der Waals surface area contributed by atoms with Crippen LogP contribution < -0.4 is 5.32 Å². The number of hydrogen-bond donors (Lipinski definition) is 2. The van der Waals surface area contributed by atoms with E-state index in [1.807, 2.05) is 18.3 Å². The Morgan fingerprint density at radius 2 is 1.92 bits per heavy atom. The molecule has 3 heterocycles. The number of anilines is 1. The van der Waals surface area contributed by atoms with Crippen molar-refractivity contribution in [3.63, 3.8) is 0 Å². The highest BCUT2D eigenvalue weighted by molar-refractivity contribution is 6.39. The average molecular weight is 340 g/mol. The second-order valence-electron chi connectivity index (χ2n) is 6.68. The van der Waals surface area contributed by atoms with Gasteiger partial charge in [-0.1, -0.05) is 6.07 Å². The van der Waals surface area contributed by atoms with Crippen molar-refractivity contribution in [2.24, 2.45) is 0 Å². The number of benzene rings is 1. The van der Waals surface area contributed by atoms with Crippen LogP contribution in [0.15, 0.2) is 42.7 Å². The van der Waals surface area contributed by atoms with E-state index in [2.05, 4.69) is 10.4 Å². The summed E-state index contributed by atoms with van der Waals surface area (Å²) in [6, 6.07) is 8.95. The normalized spacial score (nSPS) is 25.0. The molecule has 25 heavy (non-hydrogen) atoms. The van der Waals surface area contributed by atoms with E-state index < -0.39 is 11.8 Å². The average Bonchev–Trinajstić information content (AvgIpc) is 3.22. The van der Waals surface area contributed by atoms with Gasteiger partial charge in [0.15, 0.2) is 0 Å². The second kappa shape index (κ2) is 6.33. The fourth-order valence-electron chi connectivity index (χ4n) is 3.93. The van der Waals surface area contributed by atoms with Gasteiger partial charge >= 0.3 is 11.8 Å². The quantitative estimate of drug-likeness (QED) is 0.807. The number of aromatic nitrogens is 2. The molecule has 1 aromatic carbocycles. The van der Waals surface area contributed by atoms with Gasteiger partial charge in [0.05, 0.1) is 11.8 Å². The van der Waals surface area contributed by atoms with Gasteiger partial charge in [0.25, 0.3) is 0 Å². The summed E-state index contributed by atoms with van der Waals surface area (Å²) in [4.78, 5) is 26.7. The summed E-state index contributed by atoms with van der Waals surface area (Å²) in [5.41, 5.74) is 1.35. The first-order chi connectivity index (χ1) is 12.1. The zero-order valence-corrected chi connectivity index (χ0v) is 13.7. The largest absolute Gasteiger partial charge is 0.393 e. The lowest BCUT2D eigenvalue weighted by Crippen LogP contribution is -2.51. The summed E-state index contributed by atoms with van der Waals surface area (Å²) < 4.78 is 1.68. The molecule has 130 valence electrons. The highest BCUT2D eigenvalue weighted by Crippen LogP contribution is 2.35. The maximum Gasteiger partial charge on any atom is 0.313 e. The van der Waals surface area contributed by atoms with Gasteiger partial charge in [-0.3, -0.25) is 9.59 Å². The molecular weight excluding hydrogens is 320 g/mol. The van der Waals surface area contributed by atoms with E-state index in [0.29, 0.717) is 18.5 Å². The predicted molar refractivity (Wildman–Crippen MR) is 91.1 cm³/mol. The highest BCUT2D eigenvalue weighted by Gasteiger charge is 2.44. The number of piperidine rings is 1. The number of carbonyl (C=O) groups is 2. The lowest BCUT2D eigenvalue weighted by atomic mass is 10.00. The summed E-state index contributed by atoms with van der Waals surface area (Å²) in [6.07, 6.45) is 5.95. The minimum atomic E-state index is -0.633. The molecule has 2 saturated heterocycles. The molecule has 7 heteroatoms. The fraction of sp³-hybridized carbons (Fsp3) is 0.389. The molecule has 2 aliphatic rings. The van der Waals surface area contributed by atoms with Crippen LogP contribution in [-0.4, -0.2) is 49.8 Å². The molecule has 2 aliphatic heterocycles. The molecule has 2 atom stereocenters. The van der Waals surface area contributed by atoms with E-state index in [4.69, 9.17) is 0 Å². The molecule has 1 aromatic heterocycles. The zero-order chi connectivity index (χ0) is 17.4. The Morgan fingerprint density at radius 1 is 1.16 bits per heavy atom. The number of aliphatic hydroxyl groups is 1. The first-order valence-corrected chi connectivity index (χ1v) is 8.53. The lowest BCUT2D eigenvalue weighted by molar-refractivity contribution is -0.147. The molecule has 0 radical (unpaired) electrons. The number of amides is 2. The van der Waals surface area contributed by atoms with E-state index in [-0.39, 0.29) is 18.2 Å². The van der Waals surface area contributed by atoms with Crippen LogP contribution in [-0.2, 0) is 9.59 Å². The Balaban J connectivity index is 1.47. The summed E-state index contributed by atoms with van der Waals surface area (Å²) in [5.74, 6) is -1.14. The van der Waals surface area contributed by atoms with Gasteiger partial charge in [0.1, 0.15) is 0 Å². The van der Waals surface area contributed by atoms with Gasteiger partial charge in [0.2, 0.25) is 0 Å². The van der Waals surface area contributed by atoms with Crippen LogP contribution in [0.5, 0.6) is 0 Å². The molecule has 0 spiro atoms. The molecule has 2 unspecified atom stereocenters. The van der Waals surface area contributed by atoms with Crippen molar-refractivity contribution in [2.45, 2.75) is 43.9 Å². The SMILES string of the molecule is O=C(Nc1cccc(-n2cccn2)c1)C(=O)N1C2CCC1CC(O)C2. The molecule has 2 amide bonds. The molecule has 2 fully saturated rings. The van der Waals surface area contributed by atoms with Crippen LogP contribution in [0, 0.1) is 0 Å². The fourth-order valence-corrected chi connectivity index (χ4v) is 3.93. The van der Waals surface area contributed by atoms with Crippen molar-refractivity contribution in [1.82, 2.24) is 14.7 Å². The standard InChI is InChI=1S/C18H20N4O3/c23-16-10-14-5-6-15(11-16)22(14)18(25)17(24)20-12-3-1-4-13(9-12)21-8-2-7-19-21/h1-4,7-9,14-16,23H,5-6,10-11H2,(H,20,24). The van der Waals surface area contributed by atoms with Gasteiger partial charge < -0.3 is 15.3 Å². The van der Waals surface area contributed by atoms with Crippen molar-refractivity contribution in [1.29, 1.82) is 0 Å². The first-order valence-electron chi connectivity index (χ1n) is 8.53. The van der Waals surface area contributed by atoms with Gasteiger partial charge in [-0.2, -0.15) is 5.10 Å². The third kappa shape index (κ3) is 3.02. The van der Waals surface area contributed by atoms with Crippen LogP contribution in [0.25, 0.3) is 5.69 Å². The maximum absolute atomic E-state index is 12.6. The van der Waals surface area contributed by atoms with Crippen LogP contribution in [0.3, 0.4) is 0 Å². The molecule has 7 nitrogen and oxygen atoms in total. The second-order valence-corrected chi connectivity index (χ2v) is 6.68. The Kier molecular flexibility index (Phi) is 4.01. The number of nitrogens with zero attached hydrogens (tertiary/aromatic N) is 3. The van der Waals surface area contributed by atoms with Gasteiger partial charge in [-0.05, 0) is 49.9 Å². The number of carbonyl (C=O) groups excluding carboxylic acids is 2. The van der Waals surface area contributed by atoms with Gasteiger partial charge in [0, 0.05) is 30.2 Å². The summed E-state index contributed by atoms with van der Waals surface area (Å²) in [6.45, 7) is 0. The molecule has 2 aromatic rings. The predicted octanol–water partition coefficient (Wildman–Crippen LogP) is 1.33. The van der Waals surface area contributed by atoms with Gasteiger partial charge in [-0.25, -0.2) is 4.68 Å². The van der Waals surface area contributed by atoms with Crippen molar-refractivity contribution in [2.75, 3.05) is 5.32 Å². The van der Waals surface area contributed by atoms with Crippen molar-refractivity contribution < 1.29 is 14.7 Å². The number of rotatable bonds is 2. The van der Waals surface area contributed by atoms with Crippen molar-refractivity contribution in [3.8, 4) is 5.69 Å². The molecule has 4 rings (SSSR count). The Hall–Kier alpha value is -2.67. The molecule has 2 N–H and O–H groups in total. The molecule has 2 bridgehead atoms. The Morgan fingerprint density at radius 3 is 2.60 bits per heavy atom. The van der Waals surface area contributed by atoms with Crippen molar-refractivity contribution in [3.05, 3.63) is 42.7 Å². The molecule has 0 aliphatic carbocycles. The minimum Gasteiger partial charge on any atom is -0.393 e. The van der Waals surface area contributed by atoms with Crippen LogP contribution in [0.4, 0.5) is 5.69 Å². The van der Waals surface area contributed by atoms with E-state index in [1.165, 1.54) is 0 Å². The minimum absolute atomic E-state index is 0.0255. The Bertz CT molecular complexity index is 775. The smallest absolute Gasteiger partial charge is 0.313 e. The zero-order valence-electron chi connectivity index (χ0n) is 13.7. The van der Waals surface area contributed by atoms with Crippen LogP contribution in [0.2, 0.25) is 0 Å². The number of nitrogens with one attached hydrogen (secondary N) is 1. The van der Waals surface area contributed by atoms with Crippen LogP contribution in [0.1, 0.15) is 25.7 Å². The third-order valence-electron chi connectivity index (χ3n) is 5.01. The number of fused-ring (bicyclic) bond motifs is 2. The third-order valence-corrected chi connectivity index (χ3v) is 5.01. The summed E-state index contributed by atoms with van der Waals surface area (Å²) in [5, 5.41) is 16.7. The van der Waals surface area contributed by atoms with Crippen LogP contribution >= 0.6 is 0 Å². The van der Waals surface area contributed by atoms with Gasteiger partial charge in [-0.15, -0.1) is 0 Å². The van der Waals surface area contributed by atoms with E-state index in [1.54, 1.807) is 34.0 Å². The Labute approximate surface area is 145 Å². The summed E-state index contributed by atoms with van der Waals surface area (Å²) >= 11 is 0. The monoisotopic (exact) mass is 340 g/mol. The van der Waals surface area contributed by atoms with E-state index in [9.17, 15) is 14.7 Å². The molecular formula is C18H20N4O3. The summed E-state index contributed by atoms with van der Waals surface area (Å²) in [7, 11) is 0.